The van der Waals surface area contributed by atoms with Gasteiger partial charge in [-0.2, -0.15) is 9.61 Å². The predicted octanol–water partition coefficient (Wildman–Crippen LogP) is 4.60. The van der Waals surface area contributed by atoms with E-state index in [2.05, 4.69) is 15.4 Å². The highest BCUT2D eigenvalue weighted by Crippen LogP contribution is 2.30. The summed E-state index contributed by atoms with van der Waals surface area (Å²) in [5.74, 6) is 1.23. The molecule has 0 aliphatic heterocycles. The van der Waals surface area contributed by atoms with Crippen molar-refractivity contribution in [3.63, 3.8) is 0 Å². The summed E-state index contributed by atoms with van der Waals surface area (Å²) >= 11 is 0. The van der Waals surface area contributed by atoms with E-state index in [1.165, 1.54) is 12.1 Å². The number of hydrogen-bond acceptors (Lipinski definition) is 4. The summed E-state index contributed by atoms with van der Waals surface area (Å²) in [7, 11) is 1.64. The van der Waals surface area contributed by atoms with E-state index in [4.69, 9.17) is 4.74 Å². The van der Waals surface area contributed by atoms with Gasteiger partial charge in [0.05, 0.1) is 12.8 Å². The van der Waals surface area contributed by atoms with E-state index < -0.39 is 0 Å². The summed E-state index contributed by atoms with van der Waals surface area (Å²) < 4.78 is 20.3. The molecule has 0 saturated carbocycles. The maximum absolute atomic E-state index is 13.1. The number of nitrogens with one attached hydrogen (secondary N) is 1. The van der Waals surface area contributed by atoms with Gasteiger partial charge in [0, 0.05) is 29.1 Å². The number of methoxy groups -OCH3 is 1. The molecule has 2 heterocycles. The van der Waals surface area contributed by atoms with Crippen LogP contribution in [0, 0.1) is 12.7 Å². The van der Waals surface area contributed by atoms with Gasteiger partial charge >= 0.3 is 0 Å². The summed E-state index contributed by atoms with van der Waals surface area (Å²) in [5.41, 5.74) is 4.00. The Morgan fingerprint density at radius 1 is 1.04 bits per heavy atom. The minimum Gasteiger partial charge on any atom is -0.496 e. The number of fused-ring (bicyclic) bond motifs is 1. The van der Waals surface area contributed by atoms with Gasteiger partial charge in [0.25, 0.3) is 0 Å². The zero-order chi connectivity index (χ0) is 18.1. The van der Waals surface area contributed by atoms with Crippen molar-refractivity contribution in [3.05, 3.63) is 72.2 Å². The fourth-order valence-electron chi connectivity index (χ4n) is 2.86. The monoisotopic (exact) mass is 348 g/mol. The summed E-state index contributed by atoms with van der Waals surface area (Å²) in [5, 5.41) is 7.95. The lowest BCUT2D eigenvalue weighted by Crippen LogP contribution is -2.02. The van der Waals surface area contributed by atoms with Gasteiger partial charge < -0.3 is 10.1 Å². The molecule has 130 valence electrons. The average Bonchev–Trinajstić information content (AvgIpc) is 3.07. The zero-order valence-electron chi connectivity index (χ0n) is 14.4. The fourth-order valence-corrected chi connectivity index (χ4v) is 2.86. The Balaban J connectivity index is 1.81. The second kappa shape index (κ2) is 6.48. The van der Waals surface area contributed by atoms with E-state index in [1.54, 1.807) is 23.8 Å². The lowest BCUT2D eigenvalue weighted by Gasteiger charge is -2.09. The number of nitrogens with zero attached hydrogens (tertiary/aromatic N) is 3. The highest BCUT2D eigenvalue weighted by atomic mass is 19.1. The number of ether oxygens (including phenoxy) is 1. The summed E-state index contributed by atoms with van der Waals surface area (Å²) in [4.78, 5) is 4.55. The van der Waals surface area contributed by atoms with Gasteiger partial charge in [0.15, 0.2) is 5.65 Å². The molecule has 5 nitrogen and oxygen atoms in total. The lowest BCUT2D eigenvalue weighted by atomic mass is 10.1. The van der Waals surface area contributed by atoms with Crippen molar-refractivity contribution in [2.75, 3.05) is 12.4 Å². The molecule has 6 heteroatoms. The molecule has 26 heavy (non-hydrogen) atoms. The number of aryl methyl sites for hydroxylation is 1. The molecule has 0 atom stereocenters. The highest BCUT2D eigenvalue weighted by Gasteiger charge is 2.13. The van der Waals surface area contributed by atoms with Crippen molar-refractivity contribution in [3.8, 4) is 17.0 Å². The molecule has 4 rings (SSSR count). The minimum absolute atomic E-state index is 0.274. The van der Waals surface area contributed by atoms with Crippen LogP contribution in [0.2, 0.25) is 0 Å². The van der Waals surface area contributed by atoms with Gasteiger partial charge in [0.1, 0.15) is 17.4 Å². The molecule has 2 aromatic heterocycles. The summed E-state index contributed by atoms with van der Waals surface area (Å²) in [6.07, 6.45) is 0. The SMILES string of the molecule is COc1ccccc1-c1cc2nc(C)cc(Nc3ccc(F)cc3)n2n1. The molecule has 1 N–H and O–H groups in total. The first-order valence-corrected chi connectivity index (χ1v) is 8.17. The van der Waals surface area contributed by atoms with E-state index in [9.17, 15) is 4.39 Å². The second-order valence-electron chi connectivity index (χ2n) is 5.91. The number of halogens is 1. The van der Waals surface area contributed by atoms with Crippen LogP contribution in [0.15, 0.2) is 60.7 Å². The smallest absolute Gasteiger partial charge is 0.158 e. The van der Waals surface area contributed by atoms with E-state index in [0.717, 1.165) is 39.9 Å². The van der Waals surface area contributed by atoms with Crippen molar-refractivity contribution in [2.45, 2.75) is 6.92 Å². The Morgan fingerprint density at radius 2 is 1.81 bits per heavy atom. The number of para-hydroxylation sites is 1. The van der Waals surface area contributed by atoms with Gasteiger partial charge in [-0.3, -0.25) is 0 Å². The van der Waals surface area contributed by atoms with Crippen molar-refractivity contribution < 1.29 is 9.13 Å². The standard InChI is InChI=1S/C20H17FN4O/c1-13-11-19(23-15-9-7-14(21)8-10-15)25-20(22-13)12-17(24-25)16-5-3-4-6-18(16)26-2/h3-12,23H,1-2H3. The summed E-state index contributed by atoms with van der Waals surface area (Å²) in [6, 6.07) is 17.7. The Hall–Kier alpha value is -3.41. The molecule has 0 aliphatic rings. The molecule has 0 bridgehead atoms. The van der Waals surface area contributed by atoms with E-state index in [0.29, 0.717) is 0 Å². The third-order valence-electron chi connectivity index (χ3n) is 4.05. The molecular formula is C20H17FN4O. The Bertz CT molecular complexity index is 1070. The number of benzene rings is 2. The number of aromatic nitrogens is 3. The predicted molar refractivity (Wildman–Crippen MR) is 99.4 cm³/mol. The van der Waals surface area contributed by atoms with Gasteiger partial charge in [-0.05, 0) is 43.3 Å². The highest BCUT2D eigenvalue weighted by molar-refractivity contribution is 5.71. The van der Waals surface area contributed by atoms with Crippen LogP contribution in [-0.2, 0) is 0 Å². The van der Waals surface area contributed by atoms with Gasteiger partial charge in [-0.15, -0.1) is 0 Å². The molecule has 0 fully saturated rings. The fraction of sp³-hybridized carbons (Fsp3) is 0.100. The maximum atomic E-state index is 13.1. The van der Waals surface area contributed by atoms with Crippen molar-refractivity contribution in [1.29, 1.82) is 0 Å². The number of rotatable bonds is 4. The van der Waals surface area contributed by atoms with Crippen LogP contribution in [0.5, 0.6) is 5.75 Å². The Kier molecular flexibility index (Phi) is 4.01. The van der Waals surface area contributed by atoms with Gasteiger partial charge in [-0.1, -0.05) is 12.1 Å². The van der Waals surface area contributed by atoms with E-state index in [1.807, 2.05) is 43.3 Å². The Morgan fingerprint density at radius 3 is 2.58 bits per heavy atom. The molecule has 0 amide bonds. The Labute approximate surface area is 150 Å². The van der Waals surface area contributed by atoms with Crippen LogP contribution in [0.3, 0.4) is 0 Å². The molecule has 0 spiro atoms. The van der Waals surface area contributed by atoms with Crippen LogP contribution < -0.4 is 10.1 Å². The van der Waals surface area contributed by atoms with Crippen LogP contribution in [0.25, 0.3) is 16.9 Å². The quantitative estimate of drug-likeness (QED) is 0.586. The first-order chi connectivity index (χ1) is 12.6. The largest absolute Gasteiger partial charge is 0.496 e. The van der Waals surface area contributed by atoms with Crippen LogP contribution in [0.4, 0.5) is 15.9 Å². The number of anilines is 2. The lowest BCUT2D eigenvalue weighted by molar-refractivity contribution is 0.416. The molecule has 0 saturated heterocycles. The van der Waals surface area contributed by atoms with Crippen LogP contribution in [0.1, 0.15) is 5.69 Å². The second-order valence-corrected chi connectivity index (χ2v) is 5.91. The molecule has 0 radical (unpaired) electrons. The van der Waals surface area contributed by atoms with Gasteiger partial charge in [-0.25, -0.2) is 9.37 Å². The molecular weight excluding hydrogens is 331 g/mol. The maximum Gasteiger partial charge on any atom is 0.158 e. The molecule has 4 aromatic rings. The molecule has 2 aromatic carbocycles. The topological polar surface area (TPSA) is 51.5 Å². The normalized spacial score (nSPS) is 10.9. The molecule has 0 aliphatic carbocycles. The van der Waals surface area contributed by atoms with Crippen molar-refractivity contribution in [1.82, 2.24) is 14.6 Å². The van der Waals surface area contributed by atoms with Crippen molar-refractivity contribution >= 4 is 17.2 Å². The van der Waals surface area contributed by atoms with Crippen LogP contribution in [-0.4, -0.2) is 21.7 Å². The van der Waals surface area contributed by atoms with Crippen LogP contribution >= 0.6 is 0 Å². The average molecular weight is 348 g/mol. The first-order valence-electron chi connectivity index (χ1n) is 8.17. The molecule has 0 unspecified atom stereocenters. The first kappa shape index (κ1) is 16.1. The van der Waals surface area contributed by atoms with E-state index >= 15 is 0 Å². The summed E-state index contributed by atoms with van der Waals surface area (Å²) in [6.45, 7) is 1.92. The van der Waals surface area contributed by atoms with E-state index in [-0.39, 0.29) is 5.82 Å². The van der Waals surface area contributed by atoms with Gasteiger partial charge in [0.2, 0.25) is 0 Å². The number of hydrogen-bond donors (Lipinski definition) is 1. The third-order valence-corrected chi connectivity index (χ3v) is 4.05. The zero-order valence-corrected chi connectivity index (χ0v) is 14.4. The van der Waals surface area contributed by atoms with Crippen molar-refractivity contribution in [2.24, 2.45) is 0 Å². The minimum atomic E-state index is -0.274. The third kappa shape index (κ3) is 2.97.